The summed E-state index contributed by atoms with van der Waals surface area (Å²) in [5, 5.41) is 16.9. The Balaban J connectivity index is 1.38. The number of nitrogens with zero attached hydrogens (tertiary/aromatic N) is 4. The van der Waals surface area contributed by atoms with Crippen LogP contribution in [0.25, 0.3) is 11.5 Å². The normalized spacial score (nSPS) is 15.2. The highest BCUT2D eigenvalue weighted by atomic mass is 35.5. The van der Waals surface area contributed by atoms with Gasteiger partial charge in [0.2, 0.25) is 16.9 Å². The van der Waals surface area contributed by atoms with Crippen molar-refractivity contribution in [3.8, 4) is 11.5 Å². The van der Waals surface area contributed by atoms with E-state index in [1.165, 1.54) is 37.4 Å². The van der Waals surface area contributed by atoms with Crippen molar-refractivity contribution in [2.75, 3.05) is 0 Å². The van der Waals surface area contributed by atoms with Gasteiger partial charge in [-0.15, -0.1) is 15.3 Å². The van der Waals surface area contributed by atoms with Gasteiger partial charge in [-0.25, -0.2) is 4.98 Å². The molecule has 1 fully saturated rings. The van der Waals surface area contributed by atoms with Crippen molar-refractivity contribution in [2.45, 2.75) is 42.5 Å². The molecule has 0 amide bonds. The van der Waals surface area contributed by atoms with Crippen molar-refractivity contribution in [1.29, 1.82) is 0 Å². The molecule has 0 bridgehead atoms. The number of thioether (sulfide) groups is 1. The van der Waals surface area contributed by atoms with Gasteiger partial charge in [0.1, 0.15) is 5.82 Å². The van der Waals surface area contributed by atoms with E-state index >= 15 is 0 Å². The van der Waals surface area contributed by atoms with Gasteiger partial charge in [-0.05, 0) is 37.1 Å². The zero-order valence-corrected chi connectivity index (χ0v) is 14.5. The molecule has 2 aromatic heterocycles. The van der Waals surface area contributed by atoms with E-state index in [1.54, 1.807) is 12.1 Å². The van der Waals surface area contributed by atoms with Gasteiger partial charge in [0.15, 0.2) is 0 Å². The quantitative estimate of drug-likeness (QED) is 0.676. The molecule has 24 heavy (non-hydrogen) atoms. The van der Waals surface area contributed by atoms with Crippen molar-refractivity contribution < 1.29 is 4.42 Å². The minimum absolute atomic E-state index is 0.490. The summed E-state index contributed by atoms with van der Waals surface area (Å²) in [6.07, 6.45) is 4.97. The third-order valence-corrected chi connectivity index (χ3v) is 5.19. The van der Waals surface area contributed by atoms with Crippen LogP contribution < -0.4 is 0 Å². The van der Waals surface area contributed by atoms with Crippen LogP contribution in [0.3, 0.4) is 0 Å². The second kappa shape index (κ2) is 6.94. The third-order valence-electron chi connectivity index (χ3n) is 4.11. The van der Waals surface area contributed by atoms with Gasteiger partial charge >= 0.3 is 0 Å². The SMILES string of the molecule is Clc1ccc(-c2nnc(CSc3n[nH]c(C4CCCC4)n3)o2)cc1. The fraction of sp³-hybridized carbons (Fsp3) is 0.375. The first kappa shape index (κ1) is 15.7. The molecule has 8 heteroatoms. The number of halogens is 1. The molecule has 0 atom stereocenters. The lowest BCUT2D eigenvalue weighted by Gasteiger charge is -2.01. The van der Waals surface area contributed by atoms with Crippen molar-refractivity contribution in [3.63, 3.8) is 0 Å². The van der Waals surface area contributed by atoms with Crippen molar-refractivity contribution >= 4 is 23.4 Å². The summed E-state index contributed by atoms with van der Waals surface area (Å²) in [6.45, 7) is 0. The first-order valence-corrected chi connectivity index (χ1v) is 9.28. The first-order chi connectivity index (χ1) is 11.8. The summed E-state index contributed by atoms with van der Waals surface area (Å²) >= 11 is 7.38. The highest BCUT2D eigenvalue weighted by Crippen LogP contribution is 2.33. The predicted molar refractivity (Wildman–Crippen MR) is 91.9 cm³/mol. The topological polar surface area (TPSA) is 80.5 Å². The number of H-pyrrole nitrogens is 1. The standard InChI is InChI=1S/C16H16ClN5OS/c17-12-7-5-11(6-8-12)15-21-19-13(23-15)9-24-16-18-14(20-22-16)10-3-1-2-4-10/h5-8,10H,1-4,9H2,(H,18,20,22). The second-order valence-corrected chi connectivity index (χ2v) is 7.16. The number of rotatable bonds is 5. The number of aromatic nitrogens is 5. The molecule has 2 heterocycles. The van der Waals surface area contributed by atoms with Crippen LogP contribution in [-0.2, 0) is 5.75 Å². The number of benzene rings is 1. The van der Waals surface area contributed by atoms with Gasteiger partial charge in [-0.1, -0.05) is 36.2 Å². The first-order valence-electron chi connectivity index (χ1n) is 7.91. The molecule has 3 aromatic rings. The Bertz CT molecular complexity index is 810. The summed E-state index contributed by atoms with van der Waals surface area (Å²) < 4.78 is 5.69. The van der Waals surface area contributed by atoms with Crippen LogP contribution in [0.15, 0.2) is 33.8 Å². The lowest BCUT2D eigenvalue weighted by Crippen LogP contribution is -1.94. The Labute approximate surface area is 148 Å². The van der Waals surface area contributed by atoms with E-state index < -0.39 is 0 Å². The average molecular weight is 362 g/mol. The lowest BCUT2D eigenvalue weighted by atomic mass is 10.1. The van der Waals surface area contributed by atoms with Crippen LogP contribution in [0.4, 0.5) is 0 Å². The summed E-state index contributed by atoms with van der Waals surface area (Å²) in [5.74, 6) is 3.12. The van der Waals surface area contributed by atoms with Crippen molar-refractivity contribution in [3.05, 3.63) is 41.0 Å². The van der Waals surface area contributed by atoms with E-state index in [1.807, 2.05) is 12.1 Å². The molecule has 0 aliphatic heterocycles. The number of nitrogens with one attached hydrogen (secondary N) is 1. The molecule has 1 aliphatic rings. The number of hydrogen-bond donors (Lipinski definition) is 1. The van der Waals surface area contributed by atoms with E-state index in [2.05, 4.69) is 25.4 Å². The maximum atomic E-state index is 5.88. The van der Waals surface area contributed by atoms with E-state index in [9.17, 15) is 0 Å². The summed E-state index contributed by atoms with van der Waals surface area (Å²) in [5.41, 5.74) is 0.851. The minimum atomic E-state index is 0.490. The van der Waals surface area contributed by atoms with Crippen LogP contribution in [-0.4, -0.2) is 25.4 Å². The maximum Gasteiger partial charge on any atom is 0.247 e. The Morgan fingerprint density at radius 3 is 2.75 bits per heavy atom. The minimum Gasteiger partial charge on any atom is -0.420 e. The fourth-order valence-corrected chi connectivity index (χ4v) is 3.62. The number of aromatic amines is 1. The smallest absolute Gasteiger partial charge is 0.247 e. The molecule has 6 nitrogen and oxygen atoms in total. The molecule has 0 unspecified atom stereocenters. The number of hydrogen-bond acceptors (Lipinski definition) is 6. The third kappa shape index (κ3) is 3.47. The molecule has 0 saturated heterocycles. The molecular formula is C16H16ClN5OS. The molecular weight excluding hydrogens is 346 g/mol. The van der Waals surface area contributed by atoms with Gasteiger partial charge in [-0.3, -0.25) is 5.10 Å². The maximum absolute atomic E-state index is 5.88. The second-order valence-electron chi connectivity index (χ2n) is 5.78. The molecule has 4 rings (SSSR count). The van der Waals surface area contributed by atoms with E-state index in [-0.39, 0.29) is 0 Å². The van der Waals surface area contributed by atoms with Crippen LogP contribution in [0.1, 0.15) is 43.3 Å². The molecule has 1 N–H and O–H groups in total. The monoisotopic (exact) mass is 361 g/mol. The molecule has 1 aliphatic carbocycles. The highest BCUT2D eigenvalue weighted by Gasteiger charge is 2.21. The van der Waals surface area contributed by atoms with Crippen LogP contribution in [0.2, 0.25) is 5.02 Å². The van der Waals surface area contributed by atoms with Gasteiger partial charge in [0.05, 0.1) is 5.75 Å². The molecule has 0 spiro atoms. The largest absolute Gasteiger partial charge is 0.420 e. The van der Waals surface area contributed by atoms with Crippen LogP contribution >= 0.6 is 23.4 Å². The lowest BCUT2D eigenvalue weighted by molar-refractivity contribution is 0.528. The molecule has 1 saturated carbocycles. The molecule has 124 valence electrons. The zero-order valence-electron chi connectivity index (χ0n) is 12.9. The van der Waals surface area contributed by atoms with Crippen LogP contribution in [0, 0.1) is 0 Å². The Kier molecular flexibility index (Phi) is 4.53. The van der Waals surface area contributed by atoms with E-state index in [0.717, 1.165) is 16.5 Å². The van der Waals surface area contributed by atoms with Gasteiger partial charge in [0.25, 0.3) is 0 Å². The molecule has 1 aromatic carbocycles. The van der Waals surface area contributed by atoms with Gasteiger partial charge in [0, 0.05) is 16.5 Å². The summed E-state index contributed by atoms with van der Waals surface area (Å²) in [6, 6.07) is 7.31. The Hall–Kier alpha value is -1.86. The van der Waals surface area contributed by atoms with Crippen LogP contribution in [0.5, 0.6) is 0 Å². The van der Waals surface area contributed by atoms with E-state index in [0.29, 0.717) is 28.5 Å². The predicted octanol–water partition coefficient (Wildman–Crippen LogP) is 4.46. The van der Waals surface area contributed by atoms with Gasteiger partial charge < -0.3 is 4.42 Å². The Morgan fingerprint density at radius 2 is 1.96 bits per heavy atom. The zero-order chi connectivity index (χ0) is 16.4. The highest BCUT2D eigenvalue weighted by molar-refractivity contribution is 7.98. The summed E-state index contributed by atoms with van der Waals surface area (Å²) in [4.78, 5) is 4.57. The fourth-order valence-electron chi connectivity index (χ4n) is 2.85. The Morgan fingerprint density at radius 1 is 1.17 bits per heavy atom. The average Bonchev–Trinajstić information content (AvgIpc) is 3.34. The van der Waals surface area contributed by atoms with Gasteiger partial charge in [-0.2, -0.15) is 0 Å². The summed E-state index contributed by atoms with van der Waals surface area (Å²) in [7, 11) is 0. The molecule has 0 radical (unpaired) electrons. The van der Waals surface area contributed by atoms with Crippen molar-refractivity contribution in [1.82, 2.24) is 25.4 Å². The van der Waals surface area contributed by atoms with E-state index in [4.69, 9.17) is 16.0 Å². The van der Waals surface area contributed by atoms with Crippen molar-refractivity contribution in [2.24, 2.45) is 0 Å².